The number of hydrogen-bond donors (Lipinski definition) is 6. The van der Waals surface area contributed by atoms with Crippen molar-refractivity contribution < 1.29 is 34.8 Å². The van der Waals surface area contributed by atoms with Gasteiger partial charge < -0.3 is 30.9 Å². The maximum Gasteiger partial charge on any atom is 0.243 e. The molecule has 9 nitrogen and oxygen atoms in total. The van der Waals surface area contributed by atoms with Gasteiger partial charge in [0.1, 0.15) is 24.4 Å². The maximum atomic E-state index is 11.3. The highest BCUT2D eigenvalue weighted by atomic mass is 16.8. The third-order valence-electron chi connectivity index (χ3n) is 2.75. The predicted molar refractivity (Wildman–Crippen MR) is 61.3 cm³/mol. The van der Waals surface area contributed by atoms with Gasteiger partial charge in [0.15, 0.2) is 0 Å². The molecule has 1 aliphatic rings. The van der Waals surface area contributed by atoms with E-state index in [0.717, 1.165) is 0 Å². The summed E-state index contributed by atoms with van der Waals surface area (Å²) in [6, 6.07) is 0. The van der Waals surface area contributed by atoms with E-state index in [1.54, 1.807) is 0 Å². The minimum absolute atomic E-state index is 0.147. The fourth-order valence-corrected chi connectivity index (χ4v) is 1.60. The lowest BCUT2D eigenvalue weighted by atomic mass is 9.99. The first-order valence-corrected chi connectivity index (χ1v) is 5.96. The second-order valence-electron chi connectivity index (χ2n) is 4.23. The Kier molecular flexibility index (Phi) is 6.58. The molecule has 0 bridgehead atoms. The predicted octanol–water partition coefficient (Wildman–Crippen LogP) is -3.43. The molecule has 0 aromatic heterocycles. The highest BCUT2D eigenvalue weighted by molar-refractivity contribution is 5.74. The molecule has 0 saturated carbocycles. The van der Waals surface area contributed by atoms with Gasteiger partial charge in [-0.1, -0.05) is 0 Å². The van der Waals surface area contributed by atoms with Crippen molar-refractivity contribution in [3.8, 4) is 0 Å². The maximum absolute atomic E-state index is 11.3. The van der Waals surface area contributed by atoms with Gasteiger partial charge >= 0.3 is 0 Å². The van der Waals surface area contributed by atoms with Crippen LogP contribution in [0.2, 0.25) is 0 Å². The van der Waals surface area contributed by atoms with Crippen molar-refractivity contribution in [3.63, 3.8) is 0 Å². The van der Waals surface area contributed by atoms with Crippen molar-refractivity contribution >= 4 is 5.91 Å². The zero-order chi connectivity index (χ0) is 14.4. The molecule has 0 aromatic rings. The summed E-state index contributed by atoms with van der Waals surface area (Å²) in [5.41, 5.74) is 7.28. The molecule has 0 spiro atoms. The van der Waals surface area contributed by atoms with E-state index in [4.69, 9.17) is 20.4 Å². The average molecular weight is 280 g/mol. The molecule has 0 radical (unpaired) electrons. The van der Waals surface area contributed by atoms with Crippen molar-refractivity contribution in [2.75, 3.05) is 13.2 Å². The molecule has 1 heterocycles. The number of aliphatic hydroxyl groups is 4. The van der Waals surface area contributed by atoms with Crippen molar-refractivity contribution in [2.45, 2.75) is 43.5 Å². The van der Waals surface area contributed by atoms with E-state index >= 15 is 0 Å². The number of carbonyl (C=O) groups is 1. The van der Waals surface area contributed by atoms with Crippen LogP contribution in [0.15, 0.2) is 0 Å². The molecule has 0 unspecified atom stereocenters. The largest absolute Gasteiger partial charge is 0.394 e. The van der Waals surface area contributed by atoms with Gasteiger partial charge in [-0.2, -0.15) is 0 Å². The molecule has 7 N–H and O–H groups in total. The van der Waals surface area contributed by atoms with Crippen LogP contribution in [-0.2, 0) is 14.4 Å². The first-order chi connectivity index (χ1) is 9.01. The number of amides is 1. The van der Waals surface area contributed by atoms with Crippen LogP contribution in [0.1, 0.15) is 12.8 Å². The van der Waals surface area contributed by atoms with Crippen LogP contribution in [-0.4, -0.2) is 70.2 Å². The first kappa shape index (κ1) is 16.2. The third-order valence-corrected chi connectivity index (χ3v) is 2.75. The van der Waals surface area contributed by atoms with E-state index < -0.39 is 43.2 Å². The molecule has 19 heavy (non-hydrogen) atoms. The second-order valence-corrected chi connectivity index (χ2v) is 4.23. The van der Waals surface area contributed by atoms with Crippen LogP contribution in [0, 0.1) is 0 Å². The van der Waals surface area contributed by atoms with Crippen LogP contribution in [0.3, 0.4) is 0 Å². The van der Waals surface area contributed by atoms with E-state index in [-0.39, 0.29) is 6.42 Å². The molecule has 1 rings (SSSR count). The fraction of sp³-hybridized carbons (Fsp3) is 0.900. The fourth-order valence-electron chi connectivity index (χ4n) is 1.60. The molecule has 1 amide bonds. The lowest BCUT2D eigenvalue weighted by Gasteiger charge is -2.39. The third kappa shape index (κ3) is 4.35. The van der Waals surface area contributed by atoms with Gasteiger partial charge in [-0.25, -0.2) is 10.3 Å². The van der Waals surface area contributed by atoms with E-state index in [0.29, 0.717) is 13.0 Å². The van der Waals surface area contributed by atoms with E-state index in [1.165, 1.54) is 0 Å². The summed E-state index contributed by atoms with van der Waals surface area (Å²) < 4.78 is 5.01. The molecule has 9 heteroatoms. The quantitative estimate of drug-likeness (QED) is 0.275. The molecule has 1 fully saturated rings. The van der Waals surface area contributed by atoms with Gasteiger partial charge in [-0.05, 0) is 13.0 Å². The molecule has 0 aromatic carbocycles. The minimum Gasteiger partial charge on any atom is -0.394 e. The summed E-state index contributed by atoms with van der Waals surface area (Å²) in [5, 5.41) is 37.5. The topological polar surface area (TPSA) is 154 Å². The first-order valence-electron chi connectivity index (χ1n) is 5.96. The van der Waals surface area contributed by atoms with Crippen molar-refractivity contribution in [1.82, 2.24) is 5.48 Å². The summed E-state index contributed by atoms with van der Waals surface area (Å²) in [6.45, 7) is -0.209. The number of carbonyl (C=O) groups excluding carboxylic acids is 1. The van der Waals surface area contributed by atoms with Crippen LogP contribution in [0.5, 0.6) is 0 Å². The Hall–Kier alpha value is -0.810. The Bertz CT molecular complexity index is 289. The Morgan fingerprint density at radius 3 is 2.53 bits per heavy atom. The van der Waals surface area contributed by atoms with Gasteiger partial charge in [0.05, 0.1) is 6.61 Å². The monoisotopic (exact) mass is 280 g/mol. The number of nitrogens with two attached hydrogens (primary N) is 1. The van der Waals surface area contributed by atoms with Crippen molar-refractivity contribution in [1.29, 1.82) is 0 Å². The van der Waals surface area contributed by atoms with Gasteiger partial charge in [0, 0.05) is 6.42 Å². The minimum atomic E-state index is -1.55. The Labute approximate surface area is 109 Å². The zero-order valence-corrected chi connectivity index (χ0v) is 10.3. The summed E-state index contributed by atoms with van der Waals surface area (Å²) in [4.78, 5) is 16.1. The molecule has 1 aliphatic heterocycles. The molecule has 0 aliphatic carbocycles. The van der Waals surface area contributed by atoms with Crippen LogP contribution >= 0.6 is 0 Å². The van der Waals surface area contributed by atoms with Crippen molar-refractivity contribution in [2.24, 2.45) is 5.73 Å². The SMILES string of the molecule is NCCCC(=O)NO[C@@H]1O[C@H](CO)[C@H](O)[C@H](O)[C@H]1O. The summed E-state index contributed by atoms with van der Waals surface area (Å²) >= 11 is 0. The number of hydroxylamine groups is 1. The summed E-state index contributed by atoms with van der Waals surface area (Å²) in [5.74, 6) is -0.456. The lowest BCUT2D eigenvalue weighted by molar-refractivity contribution is -0.313. The molecular formula is C10H20N2O7. The van der Waals surface area contributed by atoms with Crippen LogP contribution in [0.25, 0.3) is 0 Å². The van der Waals surface area contributed by atoms with Crippen LogP contribution < -0.4 is 11.2 Å². The smallest absolute Gasteiger partial charge is 0.243 e. The summed E-state index contributed by atoms with van der Waals surface area (Å²) in [6.07, 6.45) is -6.39. The number of rotatable bonds is 6. The average Bonchev–Trinajstić information content (AvgIpc) is 2.41. The van der Waals surface area contributed by atoms with Crippen molar-refractivity contribution in [3.05, 3.63) is 0 Å². The summed E-state index contributed by atoms with van der Waals surface area (Å²) in [7, 11) is 0. The Balaban J connectivity index is 2.46. The van der Waals surface area contributed by atoms with E-state index in [9.17, 15) is 20.1 Å². The highest BCUT2D eigenvalue weighted by Crippen LogP contribution is 2.21. The van der Waals surface area contributed by atoms with Gasteiger partial charge in [0.2, 0.25) is 12.2 Å². The van der Waals surface area contributed by atoms with Crippen LogP contribution in [0.4, 0.5) is 0 Å². The molecule has 1 saturated heterocycles. The number of ether oxygens (including phenoxy) is 1. The second kappa shape index (κ2) is 7.70. The van der Waals surface area contributed by atoms with Gasteiger partial charge in [0.25, 0.3) is 0 Å². The number of aliphatic hydroxyl groups excluding tert-OH is 4. The van der Waals surface area contributed by atoms with E-state index in [2.05, 4.69) is 0 Å². The normalized spacial score (nSPS) is 35.1. The van der Waals surface area contributed by atoms with Gasteiger partial charge in [-0.15, -0.1) is 0 Å². The number of nitrogens with one attached hydrogen (secondary N) is 1. The highest BCUT2D eigenvalue weighted by Gasteiger charge is 2.44. The Morgan fingerprint density at radius 2 is 1.95 bits per heavy atom. The Morgan fingerprint density at radius 1 is 1.26 bits per heavy atom. The zero-order valence-electron chi connectivity index (χ0n) is 10.3. The standard InChI is InChI=1S/C10H20N2O7/c11-3-1-2-6(14)12-19-10-9(17)8(16)7(15)5(4-13)18-10/h5,7-10,13,15-17H,1-4,11H2,(H,12,14)/t5-,7+,8+,9-,10+/m1/s1. The van der Waals surface area contributed by atoms with E-state index in [1.807, 2.05) is 5.48 Å². The molecule has 5 atom stereocenters. The van der Waals surface area contributed by atoms with Gasteiger partial charge in [-0.3, -0.25) is 4.79 Å². The molecular weight excluding hydrogens is 260 g/mol. The lowest BCUT2D eigenvalue weighted by Crippen LogP contribution is -2.60. The number of hydrogen-bond acceptors (Lipinski definition) is 8. The molecule has 112 valence electrons.